The van der Waals surface area contributed by atoms with Gasteiger partial charge in [0.25, 0.3) is 15.9 Å². The lowest BCUT2D eigenvalue weighted by molar-refractivity contribution is -0.114. The summed E-state index contributed by atoms with van der Waals surface area (Å²) in [6.07, 6.45) is 1.53. The van der Waals surface area contributed by atoms with E-state index >= 15 is 0 Å². The third-order valence-electron chi connectivity index (χ3n) is 4.62. The van der Waals surface area contributed by atoms with E-state index in [-0.39, 0.29) is 22.4 Å². The van der Waals surface area contributed by atoms with E-state index in [0.717, 1.165) is 4.31 Å². The number of hydrogen-bond donors (Lipinski definition) is 0. The Balaban J connectivity index is 1.94. The van der Waals surface area contributed by atoms with Crippen LogP contribution >= 0.6 is 0 Å². The number of fused-ring (bicyclic) bond motifs is 1. The number of pyridine rings is 1. The number of rotatable bonds is 5. The van der Waals surface area contributed by atoms with Crippen molar-refractivity contribution in [3.63, 3.8) is 0 Å². The molecule has 1 amide bonds. The lowest BCUT2D eigenvalue weighted by Crippen LogP contribution is -2.35. The molecular formula is C22H16N3O4S. The van der Waals surface area contributed by atoms with Crippen molar-refractivity contribution in [2.24, 2.45) is 0 Å². The van der Waals surface area contributed by atoms with Gasteiger partial charge in [-0.3, -0.25) is 4.79 Å². The van der Waals surface area contributed by atoms with Crippen LogP contribution in [0.25, 0.3) is 0 Å². The molecule has 3 aromatic rings. The van der Waals surface area contributed by atoms with E-state index in [4.69, 9.17) is 4.74 Å². The normalized spacial score (nSPS) is 13.7. The summed E-state index contributed by atoms with van der Waals surface area (Å²) >= 11 is 0. The monoisotopic (exact) mass is 418 g/mol. The van der Waals surface area contributed by atoms with E-state index in [0.29, 0.717) is 23.3 Å². The van der Waals surface area contributed by atoms with Crippen LogP contribution in [0.2, 0.25) is 0 Å². The number of anilines is 1. The van der Waals surface area contributed by atoms with E-state index in [9.17, 15) is 18.5 Å². The maximum Gasteiger partial charge on any atom is 0.270 e. The number of nitriles is 1. The minimum Gasteiger partial charge on any atom is -0.478 e. The van der Waals surface area contributed by atoms with Crippen molar-refractivity contribution in [1.82, 2.24) is 4.98 Å². The molecule has 149 valence electrons. The summed E-state index contributed by atoms with van der Waals surface area (Å²) in [6.45, 7) is 2.11. The molecule has 0 N–H and O–H groups in total. The van der Waals surface area contributed by atoms with Gasteiger partial charge in [-0.25, -0.2) is 17.7 Å². The van der Waals surface area contributed by atoms with Gasteiger partial charge >= 0.3 is 0 Å². The van der Waals surface area contributed by atoms with Crippen LogP contribution in [0.3, 0.4) is 0 Å². The largest absolute Gasteiger partial charge is 0.478 e. The molecule has 0 unspecified atom stereocenters. The van der Waals surface area contributed by atoms with Crippen molar-refractivity contribution in [2.75, 3.05) is 10.9 Å². The summed E-state index contributed by atoms with van der Waals surface area (Å²) in [5, 5.41) is 9.32. The third kappa shape index (κ3) is 3.09. The molecule has 0 saturated heterocycles. The molecule has 1 aliphatic heterocycles. The number of nitrogens with zero attached hydrogens (tertiary/aromatic N) is 3. The van der Waals surface area contributed by atoms with Gasteiger partial charge in [-0.15, -0.1) is 0 Å². The second-order valence-electron chi connectivity index (χ2n) is 6.40. The summed E-state index contributed by atoms with van der Waals surface area (Å²) in [4.78, 5) is 17.7. The van der Waals surface area contributed by atoms with E-state index in [1.807, 2.05) is 6.07 Å². The Labute approximate surface area is 174 Å². The highest BCUT2D eigenvalue weighted by atomic mass is 32.2. The number of benzene rings is 2. The average Bonchev–Trinajstić information content (AvgIpc) is 3.06. The Bertz CT molecular complexity index is 1270. The molecule has 0 atom stereocenters. The maximum atomic E-state index is 13.5. The number of aromatic nitrogens is 1. The highest BCUT2D eigenvalue weighted by Crippen LogP contribution is 2.45. The van der Waals surface area contributed by atoms with Gasteiger partial charge < -0.3 is 4.74 Å². The fourth-order valence-corrected chi connectivity index (χ4v) is 4.78. The van der Waals surface area contributed by atoms with E-state index in [2.05, 4.69) is 4.98 Å². The number of ether oxygens (including phenoxy) is 1. The van der Waals surface area contributed by atoms with E-state index < -0.39 is 15.9 Å². The lowest BCUT2D eigenvalue weighted by Gasteiger charge is -2.18. The predicted octanol–water partition coefficient (Wildman–Crippen LogP) is 3.06. The van der Waals surface area contributed by atoms with E-state index in [1.165, 1.54) is 36.5 Å². The Morgan fingerprint density at radius 3 is 2.53 bits per heavy atom. The molecule has 7 nitrogen and oxygen atoms in total. The highest BCUT2D eigenvalue weighted by molar-refractivity contribution is 7.93. The summed E-state index contributed by atoms with van der Waals surface area (Å²) in [7, 11) is -4.17. The first-order valence-corrected chi connectivity index (χ1v) is 10.6. The Kier molecular flexibility index (Phi) is 4.98. The molecule has 8 heteroatoms. The zero-order valence-electron chi connectivity index (χ0n) is 15.9. The van der Waals surface area contributed by atoms with Crippen LogP contribution in [0.5, 0.6) is 5.88 Å². The summed E-state index contributed by atoms with van der Waals surface area (Å²) < 4.78 is 33.0. The van der Waals surface area contributed by atoms with Crippen LogP contribution in [0.15, 0.2) is 71.8 Å². The van der Waals surface area contributed by atoms with Gasteiger partial charge in [0, 0.05) is 17.3 Å². The molecule has 1 radical (unpaired) electrons. The fraction of sp³-hybridized carbons (Fsp3) is 0.0909. The van der Waals surface area contributed by atoms with Crippen LogP contribution in [0, 0.1) is 17.2 Å². The van der Waals surface area contributed by atoms with Crippen molar-refractivity contribution in [2.45, 2.75) is 11.8 Å². The Morgan fingerprint density at radius 1 is 1.07 bits per heavy atom. The van der Waals surface area contributed by atoms with Crippen LogP contribution < -0.4 is 9.04 Å². The lowest BCUT2D eigenvalue weighted by atomic mass is 9.92. The smallest absolute Gasteiger partial charge is 0.270 e. The number of amides is 1. The zero-order valence-corrected chi connectivity index (χ0v) is 16.8. The number of carbonyl (C=O) groups excluding carboxylic acids is 1. The molecule has 0 fully saturated rings. The van der Waals surface area contributed by atoms with Gasteiger partial charge in [-0.2, -0.15) is 5.26 Å². The van der Waals surface area contributed by atoms with Gasteiger partial charge in [-0.05, 0) is 43.3 Å². The van der Waals surface area contributed by atoms with Crippen LogP contribution in [0.4, 0.5) is 5.69 Å². The molecule has 1 aromatic heterocycles. The molecule has 0 aliphatic carbocycles. The van der Waals surface area contributed by atoms with Crippen LogP contribution in [-0.2, 0) is 14.8 Å². The average molecular weight is 418 g/mol. The SMILES string of the molecule is CCOc1ncccc1[C]1C(=O)N(S(=O)(=O)c2ccccc2)c2ccc(C#N)cc21. The molecule has 2 heterocycles. The quantitative estimate of drug-likeness (QED) is 0.631. The van der Waals surface area contributed by atoms with Crippen molar-refractivity contribution < 1.29 is 17.9 Å². The molecule has 0 bridgehead atoms. The second-order valence-corrected chi connectivity index (χ2v) is 8.18. The van der Waals surface area contributed by atoms with Gasteiger partial charge in [0.15, 0.2) is 0 Å². The third-order valence-corrected chi connectivity index (χ3v) is 6.33. The van der Waals surface area contributed by atoms with Gasteiger partial charge in [0.2, 0.25) is 5.88 Å². The van der Waals surface area contributed by atoms with Crippen molar-refractivity contribution in [1.29, 1.82) is 5.26 Å². The number of sulfonamides is 1. The van der Waals surface area contributed by atoms with Crippen molar-refractivity contribution in [3.8, 4) is 11.9 Å². The molecule has 4 rings (SSSR count). The minimum absolute atomic E-state index is 0.00821. The molecule has 0 saturated carbocycles. The Hall–Kier alpha value is -3.70. The first kappa shape index (κ1) is 19.6. The van der Waals surface area contributed by atoms with E-state index in [1.54, 1.807) is 37.3 Å². The zero-order chi connectivity index (χ0) is 21.3. The van der Waals surface area contributed by atoms with Crippen LogP contribution in [-0.4, -0.2) is 25.9 Å². The van der Waals surface area contributed by atoms with Crippen LogP contribution in [0.1, 0.15) is 23.6 Å². The van der Waals surface area contributed by atoms with Crippen molar-refractivity contribution >= 4 is 21.6 Å². The molecule has 0 spiro atoms. The first-order valence-electron chi connectivity index (χ1n) is 9.13. The Morgan fingerprint density at radius 2 is 1.83 bits per heavy atom. The topological polar surface area (TPSA) is 100 Å². The fourth-order valence-electron chi connectivity index (χ4n) is 3.34. The number of hydrogen-bond acceptors (Lipinski definition) is 6. The minimum atomic E-state index is -4.17. The van der Waals surface area contributed by atoms with Gasteiger partial charge in [0.05, 0.1) is 28.8 Å². The molecule has 30 heavy (non-hydrogen) atoms. The molecule has 2 aromatic carbocycles. The standard InChI is InChI=1S/C22H16N3O4S/c1-2-29-21-17(9-6-12-24-21)20-18-13-15(14-23)10-11-19(18)25(22(20)26)30(27,28)16-7-4-3-5-8-16/h3-13H,2H2,1H3. The number of carbonyl (C=O) groups is 1. The van der Waals surface area contributed by atoms with Gasteiger partial charge in [0.1, 0.15) is 5.92 Å². The highest BCUT2D eigenvalue weighted by Gasteiger charge is 2.47. The summed E-state index contributed by atoms with van der Waals surface area (Å²) in [6, 6.07) is 17.5. The predicted molar refractivity (Wildman–Crippen MR) is 109 cm³/mol. The summed E-state index contributed by atoms with van der Waals surface area (Å²) in [5.41, 5.74) is 1.20. The molecule has 1 aliphatic rings. The van der Waals surface area contributed by atoms with Gasteiger partial charge in [-0.1, -0.05) is 24.3 Å². The first-order chi connectivity index (χ1) is 14.5. The summed E-state index contributed by atoms with van der Waals surface area (Å²) in [5.74, 6) is -0.383. The van der Waals surface area contributed by atoms with Crippen molar-refractivity contribution in [3.05, 3.63) is 89.5 Å². The second kappa shape index (κ2) is 7.61. The maximum absolute atomic E-state index is 13.5. The molecular weight excluding hydrogens is 402 g/mol.